The molecule has 1 N–H and O–H groups in total. The van der Waals surface area contributed by atoms with Crippen LogP contribution in [0, 0.1) is 0 Å². The number of esters is 1. The second kappa shape index (κ2) is 9.43. The molecule has 2 aromatic rings. The molecule has 0 unspecified atom stereocenters. The Morgan fingerprint density at radius 1 is 1.42 bits per heavy atom. The highest BCUT2D eigenvalue weighted by Crippen LogP contribution is 2.12. The van der Waals surface area contributed by atoms with E-state index in [0.29, 0.717) is 12.3 Å². The third-order valence-corrected chi connectivity index (χ3v) is 4.37. The van der Waals surface area contributed by atoms with Crippen LogP contribution in [0.3, 0.4) is 0 Å². The van der Waals surface area contributed by atoms with Gasteiger partial charge in [-0.15, -0.1) is 16.9 Å². The van der Waals surface area contributed by atoms with Crippen LogP contribution < -0.4 is 5.32 Å². The fraction of sp³-hybridized carbons (Fsp3) is 0.333. The van der Waals surface area contributed by atoms with Gasteiger partial charge in [-0.1, -0.05) is 28.1 Å². The van der Waals surface area contributed by atoms with Crippen LogP contribution in [0.4, 0.5) is 5.95 Å². The lowest BCUT2D eigenvalue weighted by Gasteiger charge is -2.02. The zero-order chi connectivity index (χ0) is 17.4. The van der Waals surface area contributed by atoms with Gasteiger partial charge in [0.15, 0.2) is 0 Å². The number of thioether (sulfide) groups is 1. The molecule has 24 heavy (non-hydrogen) atoms. The summed E-state index contributed by atoms with van der Waals surface area (Å²) in [5.41, 5.74) is 1.08. The molecular weight excluding hydrogens is 396 g/mol. The Morgan fingerprint density at radius 3 is 3.00 bits per heavy atom. The van der Waals surface area contributed by atoms with E-state index in [1.807, 2.05) is 24.3 Å². The Bertz CT molecular complexity index is 708. The van der Waals surface area contributed by atoms with Gasteiger partial charge in [0, 0.05) is 16.6 Å². The van der Waals surface area contributed by atoms with Crippen LogP contribution in [0.15, 0.2) is 35.1 Å². The first kappa shape index (κ1) is 18.5. The minimum Gasteiger partial charge on any atom is -0.468 e. The van der Waals surface area contributed by atoms with E-state index in [1.54, 1.807) is 11.0 Å². The van der Waals surface area contributed by atoms with Crippen molar-refractivity contribution in [2.24, 2.45) is 0 Å². The second-order valence-corrected chi connectivity index (χ2v) is 6.84. The van der Waals surface area contributed by atoms with Gasteiger partial charge in [-0.25, -0.2) is 9.67 Å². The molecule has 0 aliphatic rings. The molecule has 7 nitrogen and oxygen atoms in total. The van der Waals surface area contributed by atoms with Gasteiger partial charge in [0.2, 0.25) is 11.9 Å². The lowest BCUT2D eigenvalue weighted by molar-refractivity contribution is -0.137. The van der Waals surface area contributed by atoms with E-state index in [1.165, 1.54) is 18.9 Å². The molecule has 1 heterocycles. The number of carbonyl (C=O) groups is 2. The molecule has 0 spiro atoms. The van der Waals surface area contributed by atoms with Crippen molar-refractivity contribution < 1.29 is 14.3 Å². The Labute approximate surface area is 152 Å². The fourth-order valence-electron chi connectivity index (χ4n) is 1.82. The van der Waals surface area contributed by atoms with Crippen molar-refractivity contribution in [3.05, 3.63) is 40.6 Å². The smallest absolute Gasteiger partial charge is 0.315 e. The molecule has 0 fully saturated rings. The lowest BCUT2D eigenvalue weighted by Crippen LogP contribution is -2.14. The SMILES string of the molecule is COC(=O)CSCCC(=O)Nc1ncn(Cc2cccc(Br)c2)n1. The summed E-state index contributed by atoms with van der Waals surface area (Å²) in [7, 11) is 1.34. The normalized spacial score (nSPS) is 10.4. The van der Waals surface area contributed by atoms with Crippen molar-refractivity contribution in [3.8, 4) is 0 Å². The Balaban J connectivity index is 1.76. The van der Waals surface area contributed by atoms with Crippen LogP contribution >= 0.6 is 27.7 Å². The van der Waals surface area contributed by atoms with Crippen molar-refractivity contribution in [2.75, 3.05) is 23.9 Å². The zero-order valence-electron chi connectivity index (χ0n) is 13.1. The highest BCUT2D eigenvalue weighted by atomic mass is 79.9. The van der Waals surface area contributed by atoms with Gasteiger partial charge in [0.1, 0.15) is 6.33 Å². The Kier molecular flexibility index (Phi) is 7.26. The number of amides is 1. The van der Waals surface area contributed by atoms with Crippen LogP contribution in [0.2, 0.25) is 0 Å². The molecular formula is C15H17BrN4O3S. The van der Waals surface area contributed by atoms with E-state index >= 15 is 0 Å². The van der Waals surface area contributed by atoms with Gasteiger partial charge in [-0.2, -0.15) is 0 Å². The van der Waals surface area contributed by atoms with Crippen LogP contribution in [0.1, 0.15) is 12.0 Å². The number of nitrogens with one attached hydrogen (secondary N) is 1. The molecule has 0 saturated heterocycles. The summed E-state index contributed by atoms with van der Waals surface area (Å²) in [6.45, 7) is 0.567. The third-order valence-electron chi connectivity index (χ3n) is 2.94. The number of nitrogens with zero attached hydrogens (tertiary/aromatic N) is 3. The van der Waals surface area contributed by atoms with Crippen molar-refractivity contribution in [2.45, 2.75) is 13.0 Å². The van der Waals surface area contributed by atoms with Gasteiger partial charge >= 0.3 is 5.97 Å². The maximum Gasteiger partial charge on any atom is 0.315 e. The number of aromatic nitrogens is 3. The molecule has 1 aromatic carbocycles. The number of hydrogen-bond acceptors (Lipinski definition) is 6. The first-order chi connectivity index (χ1) is 11.6. The van der Waals surface area contributed by atoms with Gasteiger partial charge in [-0.3, -0.25) is 14.9 Å². The molecule has 0 aliphatic heterocycles. The monoisotopic (exact) mass is 412 g/mol. The van der Waals surface area contributed by atoms with Gasteiger partial charge in [0.25, 0.3) is 0 Å². The van der Waals surface area contributed by atoms with Crippen LogP contribution in [0.25, 0.3) is 0 Å². The standard InChI is InChI=1S/C15H17BrN4O3S/c1-23-14(22)9-24-6-5-13(21)18-15-17-10-20(19-15)8-11-3-2-4-12(16)7-11/h2-4,7,10H,5-6,8-9H2,1H3,(H,18,19,21). The third kappa shape index (κ3) is 6.32. The largest absolute Gasteiger partial charge is 0.468 e. The van der Waals surface area contributed by atoms with Crippen LogP contribution in [0.5, 0.6) is 0 Å². The van der Waals surface area contributed by atoms with Crippen molar-refractivity contribution in [1.82, 2.24) is 14.8 Å². The molecule has 1 amide bonds. The summed E-state index contributed by atoms with van der Waals surface area (Å²) >= 11 is 4.77. The highest BCUT2D eigenvalue weighted by Gasteiger charge is 2.08. The average molecular weight is 413 g/mol. The van der Waals surface area contributed by atoms with Crippen LogP contribution in [-0.2, 0) is 20.9 Å². The van der Waals surface area contributed by atoms with Gasteiger partial charge < -0.3 is 4.74 Å². The molecule has 0 bridgehead atoms. The number of benzene rings is 1. The predicted octanol–water partition coefficient (Wildman–Crippen LogP) is 2.32. The van der Waals surface area contributed by atoms with E-state index in [9.17, 15) is 9.59 Å². The fourth-order valence-corrected chi connectivity index (χ4v) is 3.02. The molecule has 0 radical (unpaired) electrons. The van der Waals surface area contributed by atoms with Crippen molar-refractivity contribution in [3.63, 3.8) is 0 Å². The van der Waals surface area contributed by atoms with E-state index in [-0.39, 0.29) is 30.0 Å². The highest BCUT2D eigenvalue weighted by molar-refractivity contribution is 9.10. The molecule has 9 heteroatoms. The predicted molar refractivity (Wildman–Crippen MR) is 95.9 cm³/mol. The first-order valence-corrected chi connectivity index (χ1v) is 9.10. The molecule has 0 saturated carbocycles. The zero-order valence-corrected chi connectivity index (χ0v) is 15.5. The maximum absolute atomic E-state index is 11.8. The van der Waals surface area contributed by atoms with Crippen LogP contribution in [-0.4, -0.2) is 45.3 Å². The van der Waals surface area contributed by atoms with Crippen molar-refractivity contribution >= 4 is 45.5 Å². The Hall–Kier alpha value is -1.87. The number of carbonyl (C=O) groups excluding carboxylic acids is 2. The molecule has 2 rings (SSSR count). The van der Waals surface area contributed by atoms with Gasteiger partial charge in [0.05, 0.1) is 19.4 Å². The summed E-state index contributed by atoms with van der Waals surface area (Å²) in [6.07, 6.45) is 1.85. The molecule has 1 aromatic heterocycles. The van der Waals surface area contributed by atoms with E-state index < -0.39 is 0 Å². The summed E-state index contributed by atoms with van der Waals surface area (Å²) in [5, 5.41) is 6.86. The molecule has 0 atom stereocenters. The molecule has 0 aliphatic carbocycles. The number of rotatable bonds is 8. The first-order valence-electron chi connectivity index (χ1n) is 7.15. The summed E-state index contributed by atoms with van der Waals surface area (Å²) in [6, 6.07) is 7.89. The Morgan fingerprint density at radius 2 is 2.25 bits per heavy atom. The minimum atomic E-state index is -0.298. The lowest BCUT2D eigenvalue weighted by atomic mass is 10.2. The summed E-state index contributed by atoms with van der Waals surface area (Å²) in [4.78, 5) is 26.8. The minimum absolute atomic E-state index is 0.187. The number of hydrogen-bond donors (Lipinski definition) is 1. The quantitative estimate of drug-likeness (QED) is 0.528. The van der Waals surface area contributed by atoms with Crippen molar-refractivity contribution in [1.29, 1.82) is 0 Å². The second-order valence-electron chi connectivity index (χ2n) is 4.82. The number of anilines is 1. The van der Waals surface area contributed by atoms with E-state index in [4.69, 9.17) is 0 Å². The summed E-state index contributed by atoms with van der Waals surface area (Å²) < 4.78 is 7.18. The maximum atomic E-state index is 11.8. The number of ether oxygens (including phenoxy) is 1. The van der Waals surface area contributed by atoms with Gasteiger partial charge in [-0.05, 0) is 17.7 Å². The molecule has 128 valence electrons. The van der Waals surface area contributed by atoms with E-state index in [2.05, 4.69) is 36.1 Å². The number of methoxy groups -OCH3 is 1. The van der Waals surface area contributed by atoms with E-state index in [0.717, 1.165) is 10.0 Å². The topological polar surface area (TPSA) is 86.1 Å². The number of halogens is 1. The average Bonchev–Trinajstić information content (AvgIpc) is 2.98. The summed E-state index contributed by atoms with van der Waals surface area (Å²) in [5.74, 6) is 0.553.